The maximum Gasteiger partial charge on any atom is 0.125 e. The van der Waals surface area contributed by atoms with Crippen LogP contribution in [0.1, 0.15) is 47.5 Å². The zero-order valence-corrected chi connectivity index (χ0v) is 11.3. The summed E-state index contributed by atoms with van der Waals surface area (Å²) in [5.41, 5.74) is 2.59. The van der Waals surface area contributed by atoms with Gasteiger partial charge in [0.25, 0.3) is 0 Å². The van der Waals surface area contributed by atoms with Crippen LogP contribution in [0.5, 0.6) is 0 Å². The molecule has 0 radical (unpaired) electrons. The number of hydrogen-bond donors (Lipinski definition) is 0. The van der Waals surface area contributed by atoms with Gasteiger partial charge in [0.1, 0.15) is 6.29 Å². The summed E-state index contributed by atoms with van der Waals surface area (Å²) in [6.45, 7) is 14.9. The van der Waals surface area contributed by atoms with E-state index in [0.29, 0.717) is 5.92 Å². The predicted molar refractivity (Wildman–Crippen MR) is 69.2 cm³/mol. The van der Waals surface area contributed by atoms with Crippen LogP contribution >= 0.6 is 0 Å². The monoisotopic (exact) mass is 220 g/mol. The smallest absolute Gasteiger partial charge is 0.125 e. The molecule has 0 saturated carbocycles. The molecule has 0 N–H and O–H groups in total. The van der Waals surface area contributed by atoms with Crippen LogP contribution in [0.25, 0.3) is 0 Å². The van der Waals surface area contributed by atoms with Crippen LogP contribution in [0.2, 0.25) is 0 Å². The Morgan fingerprint density at radius 2 is 2.19 bits per heavy atom. The molecule has 0 aromatic carbocycles. The van der Waals surface area contributed by atoms with Crippen molar-refractivity contribution >= 4 is 6.29 Å². The minimum atomic E-state index is -0.274. The number of hydrogen-bond acceptors (Lipinski definition) is 1. The van der Waals surface area contributed by atoms with Crippen molar-refractivity contribution < 1.29 is 4.79 Å². The lowest BCUT2D eigenvalue weighted by Crippen LogP contribution is -2.25. The van der Waals surface area contributed by atoms with Crippen molar-refractivity contribution in [3.63, 3.8) is 0 Å². The summed E-state index contributed by atoms with van der Waals surface area (Å²) in [6, 6.07) is 0. The Morgan fingerprint density at radius 3 is 2.56 bits per heavy atom. The van der Waals surface area contributed by atoms with E-state index in [9.17, 15) is 4.79 Å². The Morgan fingerprint density at radius 1 is 1.62 bits per heavy atom. The fourth-order valence-electron chi connectivity index (χ4n) is 2.55. The third kappa shape index (κ3) is 2.45. The topological polar surface area (TPSA) is 17.1 Å². The molecule has 1 atom stereocenters. The van der Waals surface area contributed by atoms with Gasteiger partial charge < -0.3 is 4.79 Å². The maximum absolute atomic E-state index is 10.9. The first-order chi connectivity index (χ1) is 7.20. The molecule has 0 aliphatic heterocycles. The molecule has 0 aromatic heterocycles. The molecule has 90 valence electrons. The number of carbonyl (C=O) groups excluding carboxylic acids is 1. The van der Waals surface area contributed by atoms with Crippen LogP contribution in [0.4, 0.5) is 0 Å². The van der Waals surface area contributed by atoms with Gasteiger partial charge in [-0.05, 0) is 31.1 Å². The first-order valence-corrected chi connectivity index (χ1v) is 6.02. The molecule has 1 aliphatic carbocycles. The molecule has 0 spiro atoms. The molecule has 0 aromatic rings. The summed E-state index contributed by atoms with van der Waals surface area (Å²) in [4.78, 5) is 10.9. The summed E-state index contributed by atoms with van der Waals surface area (Å²) < 4.78 is 0. The standard InChI is InChI=1S/C15H24O/c1-11(9-14(3,4)10-16)13-8-7-12(2)15(13,5)6/h7,10,13H,1,8-9H2,2-6H3. The summed E-state index contributed by atoms with van der Waals surface area (Å²) >= 11 is 0. The van der Waals surface area contributed by atoms with Gasteiger partial charge in [0.05, 0.1) is 0 Å². The Kier molecular flexibility index (Phi) is 3.47. The zero-order valence-electron chi connectivity index (χ0n) is 11.3. The van der Waals surface area contributed by atoms with E-state index in [1.807, 2.05) is 13.8 Å². The predicted octanol–water partition coefficient (Wildman–Crippen LogP) is 4.15. The van der Waals surface area contributed by atoms with E-state index in [2.05, 4.69) is 33.4 Å². The maximum atomic E-state index is 10.9. The van der Waals surface area contributed by atoms with Gasteiger partial charge in [0.2, 0.25) is 0 Å². The molecular weight excluding hydrogens is 196 g/mol. The highest BCUT2D eigenvalue weighted by Gasteiger charge is 2.37. The number of carbonyl (C=O) groups is 1. The van der Waals surface area contributed by atoms with Crippen molar-refractivity contribution in [2.45, 2.75) is 47.5 Å². The normalized spacial score (nSPS) is 24.1. The third-order valence-corrected chi connectivity index (χ3v) is 4.04. The van der Waals surface area contributed by atoms with Crippen LogP contribution in [0.15, 0.2) is 23.8 Å². The van der Waals surface area contributed by atoms with E-state index in [4.69, 9.17) is 0 Å². The number of allylic oxidation sites excluding steroid dienone is 3. The molecule has 1 aliphatic rings. The van der Waals surface area contributed by atoms with Crippen molar-refractivity contribution in [2.24, 2.45) is 16.7 Å². The highest BCUT2D eigenvalue weighted by atomic mass is 16.1. The molecular formula is C15H24O. The lowest BCUT2D eigenvalue weighted by molar-refractivity contribution is -0.114. The van der Waals surface area contributed by atoms with Gasteiger partial charge >= 0.3 is 0 Å². The Hall–Kier alpha value is -0.850. The fraction of sp³-hybridized carbons (Fsp3) is 0.667. The summed E-state index contributed by atoms with van der Waals surface area (Å²) in [6.07, 6.45) is 5.22. The van der Waals surface area contributed by atoms with Crippen molar-refractivity contribution in [1.82, 2.24) is 0 Å². The molecule has 1 unspecified atom stereocenters. The minimum Gasteiger partial charge on any atom is -0.303 e. The zero-order chi connectivity index (χ0) is 12.6. The summed E-state index contributed by atoms with van der Waals surface area (Å²) in [7, 11) is 0. The lowest BCUT2D eigenvalue weighted by atomic mass is 9.71. The SMILES string of the molecule is C=C(CC(C)(C)C=O)C1CC=C(C)C1(C)C. The Bertz CT molecular complexity index is 331. The van der Waals surface area contributed by atoms with Crippen molar-refractivity contribution in [3.05, 3.63) is 23.8 Å². The molecule has 16 heavy (non-hydrogen) atoms. The van der Waals surface area contributed by atoms with Crippen LogP contribution in [0.3, 0.4) is 0 Å². The second kappa shape index (κ2) is 4.20. The molecule has 1 heteroatoms. The average Bonchev–Trinajstić information content (AvgIpc) is 2.41. The largest absolute Gasteiger partial charge is 0.303 e. The van der Waals surface area contributed by atoms with E-state index in [0.717, 1.165) is 19.1 Å². The molecule has 1 nitrogen and oxygen atoms in total. The van der Waals surface area contributed by atoms with E-state index >= 15 is 0 Å². The molecule has 0 heterocycles. The molecule has 1 rings (SSSR count). The quantitative estimate of drug-likeness (QED) is 0.514. The second-order valence-electron chi connectivity index (χ2n) is 6.34. The third-order valence-electron chi connectivity index (χ3n) is 4.04. The minimum absolute atomic E-state index is 0.204. The number of aldehydes is 1. The summed E-state index contributed by atoms with van der Waals surface area (Å²) in [5.74, 6) is 0.492. The molecule has 0 fully saturated rings. The fourth-order valence-corrected chi connectivity index (χ4v) is 2.55. The Balaban J connectivity index is 2.75. The van der Waals surface area contributed by atoms with Gasteiger partial charge in [0, 0.05) is 5.41 Å². The lowest BCUT2D eigenvalue weighted by Gasteiger charge is -2.33. The van der Waals surface area contributed by atoms with E-state index in [-0.39, 0.29) is 10.8 Å². The van der Waals surface area contributed by atoms with Crippen LogP contribution in [-0.4, -0.2) is 6.29 Å². The van der Waals surface area contributed by atoms with Crippen molar-refractivity contribution in [3.8, 4) is 0 Å². The van der Waals surface area contributed by atoms with Crippen molar-refractivity contribution in [1.29, 1.82) is 0 Å². The van der Waals surface area contributed by atoms with E-state index in [1.165, 1.54) is 11.1 Å². The van der Waals surface area contributed by atoms with Crippen LogP contribution in [-0.2, 0) is 4.79 Å². The van der Waals surface area contributed by atoms with Crippen LogP contribution < -0.4 is 0 Å². The summed E-state index contributed by atoms with van der Waals surface area (Å²) in [5, 5.41) is 0. The van der Waals surface area contributed by atoms with Crippen LogP contribution in [0, 0.1) is 16.7 Å². The van der Waals surface area contributed by atoms with Gasteiger partial charge in [0.15, 0.2) is 0 Å². The van der Waals surface area contributed by atoms with Gasteiger partial charge in [-0.3, -0.25) is 0 Å². The first-order valence-electron chi connectivity index (χ1n) is 6.02. The van der Waals surface area contributed by atoms with E-state index < -0.39 is 0 Å². The second-order valence-corrected chi connectivity index (χ2v) is 6.34. The van der Waals surface area contributed by atoms with Crippen molar-refractivity contribution in [2.75, 3.05) is 0 Å². The van der Waals surface area contributed by atoms with Gasteiger partial charge in [-0.15, -0.1) is 0 Å². The van der Waals surface area contributed by atoms with Gasteiger partial charge in [-0.1, -0.05) is 51.5 Å². The van der Waals surface area contributed by atoms with Gasteiger partial charge in [-0.25, -0.2) is 0 Å². The number of rotatable bonds is 4. The molecule has 0 amide bonds. The highest BCUT2D eigenvalue weighted by Crippen LogP contribution is 2.48. The van der Waals surface area contributed by atoms with E-state index in [1.54, 1.807) is 0 Å². The average molecular weight is 220 g/mol. The molecule has 0 saturated heterocycles. The first kappa shape index (κ1) is 13.2. The molecule has 0 bridgehead atoms. The Labute approximate surface area is 99.6 Å². The highest BCUT2D eigenvalue weighted by molar-refractivity contribution is 5.58. The van der Waals surface area contributed by atoms with Gasteiger partial charge in [-0.2, -0.15) is 0 Å².